The van der Waals surface area contributed by atoms with E-state index in [1.54, 1.807) is 18.3 Å². The Hall–Kier alpha value is -3.19. The van der Waals surface area contributed by atoms with Gasteiger partial charge in [-0.3, -0.25) is 9.52 Å². The van der Waals surface area contributed by atoms with Crippen LogP contribution in [0.5, 0.6) is 0 Å². The van der Waals surface area contributed by atoms with Crippen LogP contribution in [0.15, 0.2) is 59.7 Å². The first kappa shape index (κ1) is 21.5. The molecule has 0 saturated heterocycles. The fourth-order valence-corrected chi connectivity index (χ4v) is 3.51. The highest BCUT2D eigenvalue weighted by Crippen LogP contribution is 2.28. The van der Waals surface area contributed by atoms with Crippen LogP contribution in [0.3, 0.4) is 0 Å². The van der Waals surface area contributed by atoms with Crippen molar-refractivity contribution in [2.45, 2.75) is 26.2 Å². The number of hydrogen-bond donors (Lipinski definition) is 2. The third-order valence-electron chi connectivity index (χ3n) is 4.48. The molecule has 1 heterocycles. The molecule has 0 unspecified atom stereocenters. The summed E-state index contributed by atoms with van der Waals surface area (Å²) < 4.78 is 25.1. The summed E-state index contributed by atoms with van der Waals surface area (Å²) in [5, 5.41) is 0. The fourth-order valence-electron chi connectivity index (χ4n) is 2.94. The summed E-state index contributed by atoms with van der Waals surface area (Å²) in [7, 11) is -3.30. The molecule has 0 saturated carbocycles. The fraction of sp³-hybridized carbons (Fsp3) is 0.217. The van der Waals surface area contributed by atoms with Crippen LogP contribution in [0.25, 0.3) is 23.4 Å². The first-order valence-corrected chi connectivity index (χ1v) is 11.4. The van der Waals surface area contributed by atoms with E-state index in [1.807, 2.05) is 36.4 Å². The predicted octanol–water partition coefficient (Wildman–Crippen LogP) is 4.28. The monoisotopic (exact) mass is 423 g/mol. The molecule has 0 radical (unpaired) electrons. The molecule has 0 spiro atoms. The van der Waals surface area contributed by atoms with Crippen LogP contribution in [0.1, 0.15) is 37.5 Å². The van der Waals surface area contributed by atoms with Crippen LogP contribution in [-0.4, -0.2) is 24.6 Å². The lowest BCUT2D eigenvalue weighted by atomic mass is 9.84. The molecule has 0 fully saturated rings. The maximum absolute atomic E-state index is 12.2. The standard InChI is InChI=1S/C23H25N3O3S/c1-23(2,3)19-14-17(13-18(15-19)21-22(27)25-12-11-24-21)6-5-16-7-9-20(10-8-16)26-30(4,28)29/h5-15,26H,1-4H3,(H,25,27). The molecule has 6 nitrogen and oxygen atoms in total. The van der Waals surface area contributed by atoms with Crippen molar-refractivity contribution in [1.82, 2.24) is 9.97 Å². The van der Waals surface area contributed by atoms with Gasteiger partial charge in [-0.2, -0.15) is 0 Å². The second-order valence-electron chi connectivity index (χ2n) is 8.19. The van der Waals surface area contributed by atoms with E-state index in [4.69, 9.17) is 0 Å². The predicted molar refractivity (Wildman–Crippen MR) is 123 cm³/mol. The largest absolute Gasteiger partial charge is 0.326 e. The molecule has 0 aliphatic carbocycles. The molecule has 156 valence electrons. The maximum Gasteiger partial charge on any atom is 0.274 e. The van der Waals surface area contributed by atoms with Crippen molar-refractivity contribution >= 4 is 27.9 Å². The second kappa shape index (κ2) is 8.28. The minimum absolute atomic E-state index is 0.0981. The van der Waals surface area contributed by atoms with Crippen molar-refractivity contribution in [2.24, 2.45) is 0 Å². The average molecular weight is 424 g/mol. The Labute approximate surface area is 176 Å². The number of anilines is 1. The van der Waals surface area contributed by atoms with Gasteiger partial charge in [-0.1, -0.05) is 51.1 Å². The molecular weight excluding hydrogens is 398 g/mol. The van der Waals surface area contributed by atoms with E-state index in [0.717, 1.165) is 28.5 Å². The molecule has 30 heavy (non-hydrogen) atoms. The zero-order valence-corrected chi connectivity index (χ0v) is 18.2. The van der Waals surface area contributed by atoms with Gasteiger partial charge in [0.1, 0.15) is 5.69 Å². The highest BCUT2D eigenvalue weighted by Gasteiger charge is 2.16. The van der Waals surface area contributed by atoms with Gasteiger partial charge in [0.05, 0.1) is 6.26 Å². The summed E-state index contributed by atoms with van der Waals surface area (Å²) >= 11 is 0. The lowest BCUT2D eigenvalue weighted by Gasteiger charge is -2.20. The number of sulfonamides is 1. The topological polar surface area (TPSA) is 91.9 Å². The van der Waals surface area contributed by atoms with E-state index < -0.39 is 10.0 Å². The zero-order chi connectivity index (χ0) is 21.9. The van der Waals surface area contributed by atoms with Crippen molar-refractivity contribution in [3.63, 3.8) is 0 Å². The Balaban J connectivity index is 1.96. The minimum atomic E-state index is -3.30. The SMILES string of the molecule is CC(C)(C)c1cc(C=Cc2ccc(NS(C)(=O)=O)cc2)cc(-c2ncc[nH]c2=O)c1. The van der Waals surface area contributed by atoms with Crippen molar-refractivity contribution in [3.05, 3.63) is 81.9 Å². The molecule has 0 aliphatic rings. The lowest BCUT2D eigenvalue weighted by Crippen LogP contribution is -2.13. The van der Waals surface area contributed by atoms with Gasteiger partial charge in [-0.15, -0.1) is 0 Å². The molecule has 2 N–H and O–H groups in total. The average Bonchev–Trinajstić information content (AvgIpc) is 2.66. The number of nitrogens with one attached hydrogen (secondary N) is 2. The van der Waals surface area contributed by atoms with Crippen molar-refractivity contribution in [1.29, 1.82) is 0 Å². The van der Waals surface area contributed by atoms with Gasteiger partial charge in [-0.05, 0) is 46.4 Å². The van der Waals surface area contributed by atoms with Gasteiger partial charge >= 0.3 is 0 Å². The molecule has 2 aromatic carbocycles. The van der Waals surface area contributed by atoms with E-state index >= 15 is 0 Å². The maximum atomic E-state index is 12.2. The molecule has 0 aliphatic heterocycles. The Kier molecular flexibility index (Phi) is 5.94. The third-order valence-corrected chi connectivity index (χ3v) is 5.09. The summed E-state index contributed by atoms with van der Waals surface area (Å²) in [6.07, 6.45) is 8.12. The van der Waals surface area contributed by atoms with Crippen molar-refractivity contribution in [2.75, 3.05) is 11.0 Å². The molecule has 3 aromatic rings. The molecule has 0 atom stereocenters. The van der Waals surface area contributed by atoms with E-state index in [9.17, 15) is 13.2 Å². The third kappa shape index (κ3) is 5.67. The second-order valence-corrected chi connectivity index (χ2v) is 9.94. The van der Waals surface area contributed by atoms with Crippen LogP contribution in [-0.2, 0) is 15.4 Å². The Morgan fingerprint density at radius 2 is 1.67 bits per heavy atom. The first-order valence-electron chi connectivity index (χ1n) is 9.47. The first-order chi connectivity index (χ1) is 14.0. The van der Waals surface area contributed by atoms with Gasteiger partial charge in [0, 0.05) is 23.6 Å². The highest BCUT2D eigenvalue weighted by atomic mass is 32.2. The molecule has 7 heteroatoms. The zero-order valence-electron chi connectivity index (χ0n) is 17.4. The molecular formula is C23H25N3O3S. The van der Waals surface area contributed by atoms with Gasteiger partial charge in [0.2, 0.25) is 10.0 Å². The van der Waals surface area contributed by atoms with Crippen molar-refractivity contribution < 1.29 is 8.42 Å². The number of benzene rings is 2. The van der Waals surface area contributed by atoms with Gasteiger partial charge in [0.25, 0.3) is 5.56 Å². The summed E-state index contributed by atoms with van der Waals surface area (Å²) in [5.41, 5.74) is 4.30. The van der Waals surface area contributed by atoms with E-state index in [-0.39, 0.29) is 11.0 Å². The lowest BCUT2D eigenvalue weighted by molar-refractivity contribution is 0.590. The van der Waals surface area contributed by atoms with Gasteiger partial charge in [-0.25, -0.2) is 13.4 Å². The van der Waals surface area contributed by atoms with Crippen LogP contribution < -0.4 is 10.3 Å². The van der Waals surface area contributed by atoms with E-state index in [0.29, 0.717) is 11.4 Å². The summed E-state index contributed by atoms with van der Waals surface area (Å²) in [5.74, 6) is 0. The molecule has 1 aromatic heterocycles. The number of nitrogens with zero attached hydrogens (tertiary/aromatic N) is 1. The van der Waals surface area contributed by atoms with Gasteiger partial charge < -0.3 is 4.98 Å². The van der Waals surface area contributed by atoms with Crippen LogP contribution >= 0.6 is 0 Å². The van der Waals surface area contributed by atoms with Crippen LogP contribution in [0.4, 0.5) is 5.69 Å². The van der Waals surface area contributed by atoms with Crippen LogP contribution in [0.2, 0.25) is 0 Å². The van der Waals surface area contributed by atoms with Crippen molar-refractivity contribution in [3.8, 4) is 11.3 Å². The Morgan fingerprint density at radius 3 is 2.27 bits per heavy atom. The highest BCUT2D eigenvalue weighted by molar-refractivity contribution is 7.92. The number of hydrogen-bond acceptors (Lipinski definition) is 4. The van der Waals surface area contributed by atoms with E-state index in [1.165, 1.54) is 6.20 Å². The number of H-pyrrole nitrogens is 1. The summed E-state index contributed by atoms with van der Waals surface area (Å²) in [6.45, 7) is 6.36. The van der Waals surface area contributed by atoms with Crippen LogP contribution in [0, 0.1) is 0 Å². The quantitative estimate of drug-likeness (QED) is 0.599. The number of rotatable bonds is 5. The molecule has 3 rings (SSSR count). The summed E-state index contributed by atoms with van der Waals surface area (Å²) in [4.78, 5) is 19.1. The normalized spacial score (nSPS) is 12.3. The van der Waals surface area contributed by atoms with Gasteiger partial charge in [0.15, 0.2) is 0 Å². The Bertz CT molecular complexity index is 1240. The minimum Gasteiger partial charge on any atom is -0.326 e. The number of aromatic nitrogens is 2. The smallest absolute Gasteiger partial charge is 0.274 e. The Morgan fingerprint density at radius 1 is 1.00 bits per heavy atom. The molecule has 0 amide bonds. The summed E-state index contributed by atoms with van der Waals surface area (Å²) in [6, 6.07) is 13.1. The van der Waals surface area contributed by atoms with E-state index in [2.05, 4.69) is 41.5 Å². The molecule has 0 bridgehead atoms. The number of aromatic amines is 1.